The van der Waals surface area contributed by atoms with Crippen LogP contribution in [0.5, 0.6) is 17.2 Å². The minimum atomic E-state index is 0.594. The smallest absolute Gasteiger partial charge is 0.195 e. The van der Waals surface area contributed by atoms with Crippen LogP contribution in [0.3, 0.4) is 0 Å². The van der Waals surface area contributed by atoms with Crippen LogP contribution in [0.1, 0.15) is 5.56 Å². The molecule has 0 bridgehead atoms. The molecule has 0 amide bonds. The lowest BCUT2D eigenvalue weighted by Crippen LogP contribution is -2.04. The van der Waals surface area contributed by atoms with Crippen LogP contribution in [-0.4, -0.2) is 36.1 Å². The molecule has 0 fully saturated rings. The van der Waals surface area contributed by atoms with Crippen molar-refractivity contribution in [3.8, 4) is 28.6 Å². The van der Waals surface area contributed by atoms with Crippen molar-refractivity contribution in [2.24, 2.45) is 0 Å². The topological polar surface area (TPSA) is 61.3 Å². The molecule has 7 heteroatoms. The SMILES string of the molecule is COc1ccc(-c2n[nH]c(=S)n2CCc2ccc(OC)c(OC)c2)cc1. The van der Waals surface area contributed by atoms with Gasteiger partial charge in [-0.1, -0.05) is 6.07 Å². The molecule has 26 heavy (non-hydrogen) atoms. The minimum absolute atomic E-state index is 0.594. The molecular weight excluding hydrogens is 350 g/mol. The van der Waals surface area contributed by atoms with E-state index in [0.717, 1.165) is 40.6 Å². The van der Waals surface area contributed by atoms with E-state index in [9.17, 15) is 0 Å². The Morgan fingerprint density at radius 3 is 2.35 bits per heavy atom. The number of aromatic amines is 1. The maximum atomic E-state index is 5.40. The van der Waals surface area contributed by atoms with Crippen molar-refractivity contribution in [3.05, 3.63) is 52.8 Å². The molecule has 6 nitrogen and oxygen atoms in total. The van der Waals surface area contributed by atoms with Gasteiger partial charge in [0, 0.05) is 12.1 Å². The van der Waals surface area contributed by atoms with E-state index in [1.54, 1.807) is 21.3 Å². The van der Waals surface area contributed by atoms with Gasteiger partial charge in [-0.25, -0.2) is 0 Å². The van der Waals surface area contributed by atoms with Crippen molar-refractivity contribution in [1.82, 2.24) is 14.8 Å². The number of ether oxygens (including phenoxy) is 3. The fourth-order valence-electron chi connectivity index (χ4n) is 2.76. The van der Waals surface area contributed by atoms with Crippen molar-refractivity contribution in [1.29, 1.82) is 0 Å². The van der Waals surface area contributed by atoms with E-state index >= 15 is 0 Å². The monoisotopic (exact) mass is 371 g/mol. The molecule has 0 saturated carbocycles. The second-order valence-corrected chi connectivity index (χ2v) is 6.06. The van der Waals surface area contributed by atoms with Gasteiger partial charge in [0.15, 0.2) is 22.1 Å². The highest BCUT2D eigenvalue weighted by molar-refractivity contribution is 7.71. The van der Waals surface area contributed by atoms with Crippen LogP contribution in [0.4, 0.5) is 0 Å². The molecule has 0 radical (unpaired) electrons. The van der Waals surface area contributed by atoms with Gasteiger partial charge in [0.05, 0.1) is 21.3 Å². The number of benzene rings is 2. The molecule has 0 unspecified atom stereocenters. The van der Waals surface area contributed by atoms with E-state index in [1.807, 2.05) is 47.0 Å². The van der Waals surface area contributed by atoms with E-state index in [-0.39, 0.29) is 0 Å². The highest BCUT2D eigenvalue weighted by Crippen LogP contribution is 2.28. The second kappa shape index (κ2) is 8.05. The predicted octanol–water partition coefficient (Wildman–Crippen LogP) is 3.88. The van der Waals surface area contributed by atoms with E-state index < -0.39 is 0 Å². The molecule has 1 N–H and O–H groups in total. The van der Waals surface area contributed by atoms with Gasteiger partial charge in [0.2, 0.25) is 0 Å². The van der Waals surface area contributed by atoms with Crippen LogP contribution in [0, 0.1) is 4.77 Å². The third kappa shape index (κ3) is 3.72. The summed E-state index contributed by atoms with van der Waals surface area (Å²) in [5, 5.41) is 7.26. The number of H-pyrrole nitrogens is 1. The molecule has 0 aliphatic rings. The molecule has 3 aromatic rings. The van der Waals surface area contributed by atoms with Crippen LogP contribution in [-0.2, 0) is 13.0 Å². The Morgan fingerprint density at radius 1 is 0.962 bits per heavy atom. The standard InChI is InChI=1S/C19H21N3O3S/c1-23-15-7-5-14(6-8-15)18-20-21-19(26)22(18)11-10-13-4-9-16(24-2)17(12-13)25-3/h4-9,12H,10-11H2,1-3H3,(H,21,26). The van der Waals surface area contributed by atoms with Crippen molar-refractivity contribution < 1.29 is 14.2 Å². The maximum absolute atomic E-state index is 5.40. The van der Waals surface area contributed by atoms with Crippen LogP contribution in [0.2, 0.25) is 0 Å². The fraction of sp³-hybridized carbons (Fsp3) is 0.263. The Bertz CT molecular complexity index is 932. The zero-order chi connectivity index (χ0) is 18.5. The normalized spacial score (nSPS) is 10.6. The highest BCUT2D eigenvalue weighted by Gasteiger charge is 2.10. The summed E-state index contributed by atoms with van der Waals surface area (Å²) >= 11 is 5.40. The first-order valence-corrected chi connectivity index (χ1v) is 8.57. The molecule has 1 heterocycles. The van der Waals surface area contributed by atoms with Gasteiger partial charge in [-0.2, -0.15) is 5.10 Å². The second-order valence-electron chi connectivity index (χ2n) is 5.67. The van der Waals surface area contributed by atoms with Crippen molar-refractivity contribution in [3.63, 3.8) is 0 Å². The Balaban J connectivity index is 1.82. The van der Waals surface area contributed by atoms with Gasteiger partial charge >= 0.3 is 0 Å². The summed E-state index contributed by atoms with van der Waals surface area (Å²) in [6.45, 7) is 0.701. The summed E-state index contributed by atoms with van der Waals surface area (Å²) < 4.78 is 18.5. The van der Waals surface area contributed by atoms with E-state index in [0.29, 0.717) is 11.3 Å². The summed E-state index contributed by atoms with van der Waals surface area (Å²) in [5.41, 5.74) is 2.11. The Kier molecular flexibility index (Phi) is 5.58. The number of nitrogens with one attached hydrogen (secondary N) is 1. The molecule has 0 saturated heterocycles. The first-order valence-electron chi connectivity index (χ1n) is 8.16. The van der Waals surface area contributed by atoms with Gasteiger partial charge < -0.3 is 14.2 Å². The van der Waals surface area contributed by atoms with Crippen LogP contribution in [0.25, 0.3) is 11.4 Å². The number of hydrogen-bond acceptors (Lipinski definition) is 5. The maximum Gasteiger partial charge on any atom is 0.195 e. The highest BCUT2D eigenvalue weighted by atomic mass is 32.1. The molecule has 3 rings (SSSR count). The molecular formula is C19H21N3O3S. The zero-order valence-corrected chi connectivity index (χ0v) is 15.8. The molecule has 0 aliphatic heterocycles. The molecule has 136 valence electrons. The lowest BCUT2D eigenvalue weighted by Gasteiger charge is -2.11. The lowest BCUT2D eigenvalue weighted by molar-refractivity contribution is 0.354. The molecule has 0 aliphatic carbocycles. The van der Waals surface area contributed by atoms with Crippen LogP contribution >= 0.6 is 12.2 Å². The van der Waals surface area contributed by atoms with E-state index in [1.165, 1.54) is 0 Å². The Hall–Kier alpha value is -2.80. The number of rotatable bonds is 7. The number of aromatic nitrogens is 3. The molecule has 2 aromatic carbocycles. The van der Waals surface area contributed by atoms with Gasteiger partial charge in [0.25, 0.3) is 0 Å². The summed E-state index contributed by atoms with van der Waals surface area (Å²) in [5.74, 6) is 3.05. The Labute approximate surface area is 157 Å². The van der Waals surface area contributed by atoms with E-state index in [2.05, 4.69) is 10.2 Å². The average Bonchev–Trinajstić information content (AvgIpc) is 3.06. The summed E-state index contributed by atoms with van der Waals surface area (Å²) in [6, 6.07) is 13.7. The third-order valence-electron chi connectivity index (χ3n) is 4.18. The van der Waals surface area contributed by atoms with E-state index in [4.69, 9.17) is 26.4 Å². The first-order chi connectivity index (χ1) is 12.7. The molecule has 0 spiro atoms. The largest absolute Gasteiger partial charge is 0.497 e. The summed E-state index contributed by atoms with van der Waals surface area (Å²) in [6.07, 6.45) is 0.789. The zero-order valence-electron chi connectivity index (χ0n) is 15.0. The van der Waals surface area contributed by atoms with Crippen molar-refractivity contribution in [2.75, 3.05) is 21.3 Å². The number of methoxy groups -OCH3 is 3. The predicted molar refractivity (Wildman–Crippen MR) is 103 cm³/mol. The number of aryl methyl sites for hydroxylation is 1. The van der Waals surface area contributed by atoms with Gasteiger partial charge in [-0.3, -0.25) is 9.67 Å². The first kappa shape index (κ1) is 18.0. The van der Waals surface area contributed by atoms with Crippen molar-refractivity contribution >= 4 is 12.2 Å². The average molecular weight is 371 g/mol. The number of nitrogens with zero attached hydrogens (tertiary/aromatic N) is 2. The third-order valence-corrected chi connectivity index (χ3v) is 4.49. The van der Waals surface area contributed by atoms with Crippen LogP contribution < -0.4 is 14.2 Å². The fourth-order valence-corrected chi connectivity index (χ4v) is 2.99. The van der Waals surface area contributed by atoms with Crippen LogP contribution in [0.15, 0.2) is 42.5 Å². The van der Waals surface area contributed by atoms with Gasteiger partial charge in [-0.15, -0.1) is 0 Å². The quantitative estimate of drug-likeness (QED) is 0.639. The summed E-state index contributed by atoms with van der Waals surface area (Å²) in [7, 11) is 4.91. The lowest BCUT2D eigenvalue weighted by atomic mass is 10.1. The van der Waals surface area contributed by atoms with Crippen molar-refractivity contribution in [2.45, 2.75) is 13.0 Å². The minimum Gasteiger partial charge on any atom is -0.497 e. The number of hydrogen-bond donors (Lipinski definition) is 1. The Morgan fingerprint density at radius 2 is 1.69 bits per heavy atom. The van der Waals surface area contributed by atoms with Gasteiger partial charge in [0.1, 0.15) is 5.75 Å². The summed E-state index contributed by atoms with van der Waals surface area (Å²) in [4.78, 5) is 0. The molecule has 0 atom stereocenters. The molecule has 1 aromatic heterocycles. The van der Waals surface area contributed by atoms with Gasteiger partial charge in [-0.05, 0) is 60.6 Å².